The van der Waals surface area contributed by atoms with E-state index in [0.717, 1.165) is 36.5 Å². The van der Waals surface area contributed by atoms with E-state index >= 15 is 0 Å². The maximum atomic E-state index is 12.2. The van der Waals surface area contributed by atoms with Crippen LogP contribution in [0.15, 0.2) is 16.9 Å². The first kappa shape index (κ1) is 17.5. The Labute approximate surface area is 134 Å². The van der Waals surface area contributed by atoms with E-state index in [2.05, 4.69) is 28.0 Å². The van der Waals surface area contributed by atoms with Crippen LogP contribution in [0.25, 0.3) is 0 Å². The van der Waals surface area contributed by atoms with E-state index in [1.54, 1.807) is 6.20 Å². The SMILES string of the molecule is CC1CCN(C(=O)C(N)CCn2nccc2Br)CC1.Cl. The minimum Gasteiger partial charge on any atom is -0.341 e. The van der Waals surface area contributed by atoms with Crippen molar-refractivity contribution in [3.05, 3.63) is 16.9 Å². The molecule has 114 valence electrons. The summed E-state index contributed by atoms with van der Waals surface area (Å²) in [7, 11) is 0. The van der Waals surface area contributed by atoms with E-state index in [-0.39, 0.29) is 18.3 Å². The van der Waals surface area contributed by atoms with Crippen LogP contribution in [0.4, 0.5) is 0 Å². The van der Waals surface area contributed by atoms with Gasteiger partial charge in [0.05, 0.1) is 12.2 Å². The summed E-state index contributed by atoms with van der Waals surface area (Å²) in [5, 5.41) is 4.16. The highest BCUT2D eigenvalue weighted by Gasteiger charge is 2.24. The van der Waals surface area contributed by atoms with E-state index in [1.807, 2.05) is 15.6 Å². The fourth-order valence-electron chi connectivity index (χ4n) is 2.33. The summed E-state index contributed by atoms with van der Waals surface area (Å²) < 4.78 is 2.73. The van der Waals surface area contributed by atoms with Crippen molar-refractivity contribution in [3.63, 3.8) is 0 Å². The summed E-state index contributed by atoms with van der Waals surface area (Å²) in [5.41, 5.74) is 6.00. The zero-order chi connectivity index (χ0) is 13.8. The van der Waals surface area contributed by atoms with Crippen molar-refractivity contribution in [3.8, 4) is 0 Å². The Kier molecular flexibility index (Phi) is 6.99. The van der Waals surface area contributed by atoms with Gasteiger partial charge in [-0.2, -0.15) is 5.10 Å². The highest BCUT2D eigenvalue weighted by atomic mass is 79.9. The van der Waals surface area contributed by atoms with Gasteiger partial charge in [-0.1, -0.05) is 6.92 Å². The molecule has 0 radical (unpaired) electrons. The van der Waals surface area contributed by atoms with Gasteiger partial charge in [-0.25, -0.2) is 0 Å². The van der Waals surface area contributed by atoms with Crippen LogP contribution < -0.4 is 5.73 Å². The van der Waals surface area contributed by atoms with Crippen molar-refractivity contribution in [2.45, 2.75) is 38.8 Å². The number of hydrogen-bond acceptors (Lipinski definition) is 3. The van der Waals surface area contributed by atoms with Gasteiger partial charge in [0.2, 0.25) is 5.91 Å². The summed E-state index contributed by atoms with van der Waals surface area (Å²) in [5.74, 6) is 0.801. The molecule has 7 heteroatoms. The highest BCUT2D eigenvalue weighted by molar-refractivity contribution is 9.10. The molecular formula is C13H22BrClN4O. The van der Waals surface area contributed by atoms with Crippen molar-refractivity contribution >= 4 is 34.2 Å². The number of aromatic nitrogens is 2. The third kappa shape index (κ3) is 4.46. The van der Waals surface area contributed by atoms with Crippen LogP contribution >= 0.6 is 28.3 Å². The number of nitrogens with two attached hydrogens (primary N) is 1. The lowest BCUT2D eigenvalue weighted by atomic mass is 9.98. The molecule has 2 rings (SSSR count). The number of carbonyl (C=O) groups excluding carboxylic acids is 1. The van der Waals surface area contributed by atoms with Crippen LogP contribution in [0, 0.1) is 5.92 Å². The second-order valence-electron chi connectivity index (χ2n) is 5.28. The van der Waals surface area contributed by atoms with Crippen LogP contribution in [-0.4, -0.2) is 39.7 Å². The lowest BCUT2D eigenvalue weighted by Crippen LogP contribution is -2.47. The Bertz CT molecular complexity index is 432. The zero-order valence-corrected chi connectivity index (χ0v) is 14.1. The molecule has 0 spiro atoms. The van der Waals surface area contributed by atoms with E-state index in [9.17, 15) is 4.79 Å². The number of carbonyl (C=O) groups is 1. The van der Waals surface area contributed by atoms with Crippen LogP contribution in [0.2, 0.25) is 0 Å². The minimum atomic E-state index is -0.426. The van der Waals surface area contributed by atoms with Crippen LogP contribution in [0.5, 0.6) is 0 Å². The van der Waals surface area contributed by atoms with Gasteiger partial charge in [-0.3, -0.25) is 9.48 Å². The molecule has 1 aromatic rings. The van der Waals surface area contributed by atoms with E-state index in [1.165, 1.54) is 0 Å². The number of amides is 1. The molecule has 1 amide bonds. The van der Waals surface area contributed by atoms with Gasteiger partial charge < -0.3 is 10.6 Å². The summed E-state index contributed by atoms with van der Waals surface area (Å²) >= 11 is 3.40. The van der Waals surface area contributed by atoms with Gasteiger partial charge in [0.25, 0.3) is 0 Å². The molecular weight excluding hydrogens is 344 g/mol. The molecule has 0 bridgehead atoms. The van der Waals surface area contributed by atoms with Gasteiger partial charge in [-0.05, 0) is 47.2 Å². The zero-order valence-electron chi connectivity index (χ0n) is 11.7. The fraction of sp³-hybridized carbons (Fsp3) is 0.692. The quantitative estimate of drug-likeness (QED) is 0.888. The van der Waals surface area contributed by atoms with Gasteiger partial charge in [0.15, 0.2) is 0 Å². The molecule has 1 aliphatic rings. The average molecular weight is 366 g/mol. The normalized spacial score (nSPS) is 17.6. The predicted molar refractivity (Wildman–Crippen MR) is 84.7 cm³/mol. The number of hydrogen-bond donors (Lipinski definition) is 1. The highest BCUT2D eigenvalue weighted by Crippen LogP contribution is 2.17. The van der Waals surface area contributed by atoms with E-state index < -0.39 is 6.04 Å². The molecule has 2 N–H and O–H groups in total. The Hall–Kier alpha value is -0.590. The molecule has 0 saturated carbocycles. The third-order valence-electron chi connectivity index (χ3n) is 3.73. The number of likely N-dealkylation sites (tertiary alicyclic amines) is 1. The first-order valence-corrected chi connectivity index (χ1v) is 7.59. The second-order valence-corrected chi connectivity index (χ2v) is 6.09. The molecule has 1 aliphatic heterocycles. The maximum Gasteiger partial charge on any atom is 0.239 e. The van der Waals surface area contributed by atoms with Crippen LogP contribution in [0.3, 0.4) is 0 Å². The number of nitrogens with zero attached hydrogens (tertiary/aromatic N) is 3. The Balaban J connectivity index is 0.00000200. The Morgan fingerprint density at radius 3 is 2.75 bits per heavy atom. The van der Waals surface area contributed by atoms with E-state index in [0.29, 0.717) is 13.0 Å². The van der Waals surface area contributed by atoms with Crippen molar-refractivity contribution < 1.29 is 4.79 Å². The Morgan fingerprint density at radius 1 is 1.55 bits per heavy atom. The molecule has 0 aliphatic carbocycles. The van der Waals surface area contributed by atoms with Crippen LogP contribution in [0.1, 0.15) is 26.2 Å². The van der Waals surface area contributed by atoms with E-state index in [4.69, 9.17) is 5.73 Å². The largest absolute Gasteiger partial charge is 0.341 e. The van der Waals surface area contributed by atoms with Crippen molar-refractivity contribution in [2.75, 3.05) is 13.1 Å². The molecule has 1 aromatic heterocycles. The van der Waals surface area contributed by atoms with Gasteiger partial charge >= 0.3 is 0 Å². The molecule has 2 heterocycles. The van der Waals surface area contributed by atoms with Gasteiger partial charge in [-0.15, -0.1) is 12.4 Å². The fourth-order valence-corrected chi connectivity index (χ4v) is 2.72. The smallest absolute Gasteiger partial charge is 0.239 e. The summed E-state index contributed by atoms with van der Waals surface area (Å²) in [6.07, 6.45) is 4.51. The van der Waals surface area contributed by atoms with Crippen LogP contribution in [-0.2, 0) is 11.3 Å². The molecule has 1 unspecified atom stereocenters. The second kappa shape index (κ2) is 8.00. The van der Waals surface area contributed by atoms with Crippen molar-refractivity contribution in [1.29, 1.82) is 0 Å². The number of piperidine rings is 1. The molecule has 5 nitrogen and oxygen atoms in total. The number of halogens is 2. The molecule has 0 aromatic carbocycles. The Morgan fingerprint density at radius 2 is 2.20 bits per heavy atom. The molecule has 20 heavy (non-hydrogen) atoms. The molecule has 1 atom stereocenters. The van der Waals surface area contributed by atoms with Gasteiger partial charge in [0, 0.05) is 19.6 Å². The minimum absolute atomic E-state index is 0. The average Bonchev–Trinajstić information content (AvgIpc) is 2.81. The number of rotatable bonds is 4. The lowest BCUT2D eigenvalue weighted by molar-refractivity contribution is -0.134. The monoisotopic (exact) mass is 364 g/mol. The summed E-state index contributed by atoms with van der Waals surface area (Å²) in [4.78, 5) is 14.1. The first-order chi connectivity index (χ1) is 9.08. The topological polar surface area (TPSA) is 64.2 Å². The maximum absolute atomic E-state index is 12.2. The molecule has 1 fully saturated rings. The third-order valence-corrected chi connectivity index (χ3v) is 4.40. The first-order valence-electron chi connectivity index (χ1n) is 6.79. The standard InChI is InChI=1S/C13H21BrN4O.ClH/c1-10-3-7-17(8-4-10)13(19)11(15)5-9-18-12(14)2-6-16-18;/h2,6,10-11H,3-5,7-9,15H2,1H3;1H. The predicted octanol–water partition coefficient (Wildman–Crippen LogP) is 2.04. The number of aryl methyl sites for hydroxylation is 1. The van der Waals surface area contributed by atoms with Gasteiger partial charge in [0.1, 0.15) is 4.60 Å². The lowest BCUT2D eigenvalue weighted by Gasteiger charge is -2.32. The molecule has 1 saturated heterocycles. The summed E-state index contributed by atoms with van der Waals surface area (Å²) in [6.45, 7) is 4.58. The van der Waals surface area contributed by atoms with Crippen molar-refractivity contribution in [1.82, 2.24) is 14.7 Å². The summed E-state index contributed by atoms with van der Waals surface area (Å²) in [6, 6.07) is 1.45. The van der Waals surface area contributed by atoms with Crippen molar-refractivity contribution in [2.24, 2.45) is 11.7 Å².